The van der Waals surface area contributed by atoms with Gasteiger partial charge in [0.25, 0.3) is 5.78 Å². The van der Waals surface area contributed by atoms with Gasteiger partial charge in [-0.15, -0.1) is 0 Å². The Morgan fingerprint density at radius 1 is 1.13 bits per heavy atom. The number of rotatable bonds is 6. The quantitative estimate of drug-likeness (QED) is 0.191. The van der Waals surface area contributed by atoms with Gasteiger partial charge in [-0.3, -0.25) is 14.5 Å². The molecule has 3 aromatic carbocycles. The van der Waals surface area contributed by atoms with Crippen molar-refractivity contribution in [1.82, 2.24) is 4.98 Å². The highest BCUT2D eigenvalue weighted by atomic mass is 32.1. The molecule has 9 heteroatoms. The minimum absolute atomic E-state index is 0.00241. The maximum absolute atomic E-state index is 13.6. The molecule has 6 rings (SSSR count). The van der Waals surface area contributed by atoms with Crippen LogP contribution in [0.25, 0.3) is 16.0 Å². The summed E-state index contributed by atoms with van der Waals surface area (Å²) in [5, 5.41) is 11.9. The van der Waals surface area contributed by atoms with E-state index in [1.807, 2.05) is 44.2 Å². The van der Waals surface area contributed by atoms with Crippen molar-refractivity contribution in [2.24, 2.45) is 0 Å². The van der Waals surface area contributed by atoms with Crippen LogP contribution in [0.2, 0.25) is 0 Å². The van der Waals surface area contributed by atoms with Gasteiger partial charge in [0, 0.05) is 12.0 Å². The zero-order valence-electron chi connectivity index (χ0n) is 21.6. The second kappa shape index (κ2) is 9.74. The molecule has 2 atom stereocenters. The van der Waals surface area contributed by atoms with Gasteiger partial charge in [-0.05, 0) is 73.5 Å². The van der Waals surface area contributed by atoms with Gasteiger partial charge < -0.3 is 19.3 Å². The van der Waals surface area contributed by atoms with E-state index < -0.39 is 17.7 Å². The van der Waals surface area contributed by atoms with Crippen LogP contribution in [0.5, 0.6) is 17.2 Å². The lowest BCUT2D eigenvalue weighted by Gasteiger charge is -2.23. The number of methoxy groups -OCH3 is 1. The Morgan fingerprint density at radius 2 is 1.97 bits per heavy atom. The van der Waals surface area contributed by atoms with Gasteiger partial charge in [-0.2, -0.15) is 0 Å². The van der Waals surface area contributed by atoms with Gasteiger partial charge in [-0.1, -0.05) is 23.5 Å². The third-order valence-corrected chi connectivity index (χ3v) is 7.91. The van der Waals surface area contributed by atoms with Crippen LogP contribution in [-0.2, 0) is 16.0 Å². The first-order valence-corrected chi connectivity index (χ1v) is 13.5. The van der Waals surface area contributed by atoms with E-state index in [9.17, 15) is 14.7 Å². The minimum Gasteiger partial charge on any atom is -0.507 e. The molecule has 1 saturated heterocycles. The van der Waals surface area contributed by atoms with Crippen LogP contribution in [0.15, 0.2) is 66.2 Å². The number of anilines is 1. The highest BCUT2D eigenvalue weighted by Crippen LogP contribution is 2.45. The second-order valence-electron chi connectivity index (χ2n) is 9.46. The summed E-state index contributed by atoms with van der Waals surface area (Å²) in [5.41, 5.74) is 2.68. The largest absolute Gasteiger partial charge is 0.507 e. The molecule has 1 fully saturated rings. The molecule has 1 N–H and O–H groups in total. The van der Waals surface area contributed by atoms with Crippen LogP contribution in [0, 0.1) is 0 Å². The second-order valence-corrected chi connectivity index (χ2v) is 10.5. The molecule has 0 saturated carbocycles. The van der Waals surface area contributed by atoms with Crippen LogP contribution in [-0.4, -0.2) is 41.6 Å². The number of ether oxygens (including phenoxy) is 3. The molecule has 0 bridgehead atoms. The van der Waals surface area contributed by atoms with E-state index in [2.05, 4.69) is 4.98 Å². The smallest absolute Gasteiger partial charge is 0.301 e. The Labute approximate surface area is 229 Å². The van der Waals surface area contributed by atoms with Crippen molar-refractivity contribution < 1.29 is 28.9 Å². The molecular formula is C30H26N2O6S. The van der Waals surface area contributed by atoms with E-state index in [0.29, 0.717) is 46.3 Å². The zero-order valence-corrected chi connectivity index (χ0v) is 22.5. The molecule has 3 heterocycles. The van der Waals surface area contributed by atoms with E-state index in [1.54, 1.807) is 37.4 Å². The van der Waals surface area contributed by atoms with Crippen molar-refractivity contribution in [2.75, 3.05) is 18.6 Å². The number of ketones is 1. The van der Waals surface area contributed by atoms with Crippen LogP contribution >= 0.6 is 11.3 Å². The van der Waals surface area contributed by atoms with Crippen molar-refractivity contribution in [3.63, 3.8) is 0 Å². The first kappa shape index (κ1) is 24.9. The number of aromatic nitrogens is 1. The molecule has 1 amide bonds. The Balaban J connectivity index is 1.53. The van der Waals surface area contributed by atoms with Gasteiger partial charge >= 0.3 is 5.91 Å². The van der Waals surface area contributed by atoms with Crippen LogP contribution in [0.4, 0.5) is 5.13 Å². The van der Waals surface area contributed by atoms with Crippen molar-refractivity contribution in [3.05, 3.63) is 82.9 Å². The van der Waals surface area contributed by atoms with Crippen LogP contribution in [0.3, 0.4) is 0 Å². The number of fused-ring (bicyclic) bond motifs is 2. The lowest BCUT2D eigenvalue weighted by Crippen LogP contribution is -2.29. The van der Waals surface area contributed by atoms with Gasteiger partial charge in [0.05, 0.1) is 35.5 Å². The fourth-order valence-electron chi connectivity index (χ4n) is 5.13. The summed E-state index contributed by atoms with van der Waals surface area (Å²) in [5.74, 6) is 0.237. The number of aliphatic hydroxyl groups excluding tert-OH is 1. The average molecular weight is 543 g/mol. The monoisotopic (exact) mass is 542 g/mol. The summed E-state index contributed by atoms with van der Waals surface area (Å²) >= 11 is 1.28. The van der Waals surface area contributed by atoms with Crippen molar-refractivity contribution in [1.29, 1.82) is 0 Å². The molecule has 1 aromatic heterocycles. The molecule has 2 aliphatic rings. The number of nitrogens with zero attached hydrogens (tertiary/aromatic N) is 2. The number of hydrogen-bond acceptors (Lipinski definition) is 8. The molecule has 0 unspecified atom stereocenters. The van der Waals surface area contributed by atoms with E-state index in [0.717, 1.165) is 16.0 Å². The van der Waals surface area contributed by atoms with E-state index in [1.165, 1.54) is 16.2 Å². The SMILES string of the molecule is CCOc1cccc([C@H]2C(=C(O)c3ccc4c(c3)C[C@@H](C)O4)C(=O)C(=O)N2c2nc3ccc(OC)cc3s2)c1. The normalized spacial score (nSPS) is 19.8. The van der Waals surface area contributed by atoms with Crippen LogP contribution in [0.1, 0.15) is 36.6 Å². The van der Waals surface area contributed by atoms with Crippen molar-refractivity contribution in [2.45, 2.75) is 32.4 Å². The van der Waals surface area contributed by atoms with E-state index >= 15 is 0 Å². The first-order chi connectivity index (χ1) is 18.9. The lowest BCUT2D eigenvalue weighted by molar-refractivity contribution is -0.132. The Kier molecular flexibility index (Phi) is 6.23. The average Bonchev–Trinajstić information content (AvgIpc) is 3.60. The molecule has 0 spiro atoms. The maximum atomic E-state index is 13.6. The molecule has 4 aromatic rings. The number of amides is 1. The van der Waals surface area contributed by atoms with Gasteiger partial charge in [-0.25, -0.2) is 4.98 Å². The lowest BCUT2D eigenvalue weighted by atomic mass is 9.94. The molecule has 198 valence electrons. The molecule has 8 nitrogen and oxygen atoms in total. The molecule has 0 radical (unpaired) electrons. The highest BCUT2D eigenvalue weighted by molar-refractivity contribution is 7.22. The Bertz CT molecular complexity index is 1660. The summed E-state index contributed by atoms with van der Waals surface area (Å²) in [6, 6.07) is 17.1. The summed E-state index contributed by atoms with van der Waals surface area (Å²) in [6.07, 6.45) is 0.724. The highest BCUT2D eigenvalue weighted by Gasteiger charge is 2.48. The first-order valence-electron chi connectivity index (χ1n) is 12.7. The van der Waals surface area contributed by atoms with Crippen LogP contribution < -0.4 is 19.1 Å². The third kappa shape index (κ3) is 4.28. The van der Waals surface area contributed by atoms with Crippen molar-refractivity contribution in [3.8, 4) is 17.2 Å². The maximum Gasteiger partial charge on any atom is 0.301 e. The number of carbonyl (C=O) groups is 2. The van der Waals surface area contributed by atoms with Gasteiger partial charge in [0.1, 0.15) is 29.1 Å². The molecular weight excluding hydrogens is 516 g/mol. The number of thiazole rings is 1. The zero-order chi connectivity index (χ0) is 27.3. The summed E-state index contributed by atoms with van der Waals surface area (Å²) in [7, 11) is 1.58. The summed E-state index contributed by atoms with van der Waals surface area (Å²) in [4.78, 5) is 33.2. The number of Topliss-reactive ketones (excluding diaryl/α,β-unsaturated/α-hetero) is 1. The number of aliphatic hydroxyl groups is 1. The molecule has 0 aliphatic carbocycles. The van der Waals surface area contributed by atoms with Crippen molar-refractivity contribution >= 4 is 44.1 Å². The molecule has 39 heavy (non-hydrogen) atoms. The van der Waals surface area contributed by atoms with E-state index in [4.69, 9.17) is 14.2 Å². The fraction of sp³-hybridized carbons (Fsp3) is 0.233. The topological polar surface area (TPSA) is 98.2 Å². The predicted octanol–water partition coefficient (Wildman–Crippen LogP) is 5.65. The van der Waals surface area contributed by atoms with Gasteiger partial charge in [0.2, 0.25) is 0 Å². The number of benzene rings is 3. The van der Waals surface area contributed by atoms with Gasteiger partial charge in [0.15, 0.2) is 5.13 Å². The predicted molar refractivity (Wildman–Crippen MR) is 149 cm³/mol. The molecule has 2 aliphatic heterocycles. The number of hydrogen-bond donors (Lipinski definition) is 1. The standard InChI is InChI=1S/C30H26N2O6S/c1-4-37-21-7-5-6-17(14-21)26-25(27(33)18-8-11-23-19(13-18)12-16(2)38-23)28(34)29(35)32(26)30-31-22-10-9-20(36-3)15-24(22)39-30/h5-11,13-16,26,33H,4,12H2,1-3H3/t16-,26+/m1/s1. The third-order valence-electron chi connectivity index (χ3n) is 6.89. The van der Waals surface area contributed by atoms with E-state index in [-0.39, 0.29) is 17.4 Å². The summed E-state index contributed by atoms with van der Waals surface area (Å²) in [6.45, 7) is 4.32. The Hall–Kier alpha value is -4.37. The Morgan fingerprint density at radius 3 is 2.77 bits per heavy atom. The minimum atomic E-state index is -0.906. The number of carbonyl (C=O) groups excluding carboxylic acids is 2. The summed E-state index contributed by atoms with van der Waals surface area (Å²) < 4.78 is 17.6. The fourth-order valence-corrected chi connectivity index (χ4v) is 6.15.